The molecule has 2 fully saturated rings. The molecule has 22 heavy (non-hydrogen) atoms. The van der Waals surface area contributed by atoms with Crippen molar-refractivity contribution in [2.45, 2.75) is 38.7 Å². The smallest absolute Gasteiger partial charge is 0.255 e. The molecule has 1 saturated heterocycles. The number of rotatable bonds is 5. The quantitative estimate of drug-likeness (QED) is 0.905. The summed E-state index contributed by atoms with van der Waals surface area (Å²) in [5.41, 5.74) is 0.588. The van der Waals surface area contributed by atoms with Gasteiger partial charge in [0.2, 0.25) is 5.88 Å². The lowest BCUT2D eigenvalue weighted by molar-refractivity contribution is 0.0465. The molecule has 120 valence electrons. The first-order valence-electron chi connectivity index (χ1n) is 8.19. The fourth-order valence-corrected chi connectivity index (χ4v) is 2.85. The molecule has 2 atom stereocenters. The van der Waals surface area contributed by atoms with Crippen LogP contribution in [0.25, 0.3) is 0 Å². The summed E-state index contributed by atoms with van der Waals surface area (Å²) in [5, 5.41) is 9.73. The Morgan fingerprint density at radius 1 is 1.45 bits per heavy atom. The van der Waals surface area contributed by atoms with Crippen molar-refractivity contribution in [2.75, 3.05) is 19.7 Å². The molecular weight excluding hydrogens is 280 g/mol. The van der Waals surface area contributed by atoms with Crippen LogP contribution in [0.2, 0.25) is 0 Å². The van der Waals surface area contributed by atoms with E-state index in [1.807, 2.05) is 4.90 Å². The molecule has 0 bridgehead atoms. The van der Waals surface area contributed by atoms with Gasteiger partial charge in [-0.1, -0.05) is 0 Å². The Morgan fingerprint density at radius 2 is 2.27 bits per heavy atom. The maximum atomic E-state index is 12.5. The minimum Gasteiger partial charge on any atom is -0.477 e. The molecule has 1 saturated carbocycles. The zero-order chi connectivity index (χ0) is 15.5. The van der Waals surface area contributed by atoms with Gasteiger partial charge in [-0.2, -0.15) is 0 Å². The molecule has 1 aliphatic heterocycles. The van der Waals surface area contributed by atoms with Crippen LogP contribution in [0.5, 0.6) is 5.88 Å². The first-order chi connectivity index (χ1) is 10.6. The van der Waals surface area contributed by atoms with E-state index >= 15 is 0 Å². The van der Waals surface area contributed by atoms with Crippen LogP contribution in [0, 0.1) is 11.8 Å². The molecule has 0 radical (unpaired) electrons. The predicted octanol–water partition coefficient (Wildman–Crippen LogP) is 2.10. The van der Waals surface area contributed by atoms with Crippen molar-refractivity contribution in [3.63, 3.8) is 0 Å². The molecule has 2 unspecified atom stereocenters. The summed E-state index contributed by atoms with van der Waals surface area (Å²) >= 11 is 0. The van der Waals surface area contributed by atoms with Crippen molar-refractivity contribution in [2.24, 2.45) is 11.8 Å². The SMILES string of the molecule is CC(O)C1CCCN(C(=O)c2ccc(OCC3CC3)nc2)C1. The van der Waals surface area contributed by atoms with E-state index < -0.39 is 0 Å². The van der Waals surface area contributed by atoms with E-state index in [9.17, 15) is 9.90 Å². The minimum absolute atomic E-state index is 0.00778. The molecule has 1 aromatic heterocycles. The fraction of sp³-hybridized carbons (Fsp3) is 0.647. The molecule has 1 aliphatic carbocycles. The zero-order valence-electron chi connectivity index (χ0n) is 13.1. The first kappa shape index (κ1) is 15.3. The number of ether oxygens (including phenoxy) is 1. The molecule has 1 aromatic rings. The molecule has 3 rings (SSSR count). The number of pyridine rings is 1. The highest BCUT2D eigenvalue weighted by molar-refractivity contribution is 5.94. The summed E-state index contributed by atoms with van der Waals surface area (Å²) in [4.78, 5) is 18.6. The van der Waals surface area contributed by atoms with E-state index in [1.54, 1.807) is 25.3 Å². The lowest BCUT2D eigenvalue weighted by Gasteiger charge is -2.34. The molecule has 1 amide bonds. The van der Waals surface area contributed by atoms with Crippen molar-refractivity contribution >= 4 is 5.91 Å². The highest BCUT2D eigenvalue weighted by atomic mass is 16.5. The Morgan fingerprint density at radius 3 is 2.91 bits per heavy atom. The Labute approximate surface area is 131 Å². The third-order valence-electron chi connectivity index (χ3n) is 4.57. The molecule has 1 N–H and O–H groups in total. The van der Waals surface area contributed by atoms with Gasteiger partial charge in [0.1, 0.15) is 0 Å². The van der Waals surface area contributed by atoms with Gasteiger partial charge in [-0.3, -0.25) is 4.79 Å². The molecule has 2 heterocycles. The van der Waals surface area contributed by atoms with Crippen molar-refractivity contribution in [1.82, 2.24) is 9.88 Å². The van der Waals surface area contributed by atoms with Crippen LogP contribution in [-0.2, 0) is 0 Å². The number of aliphatic hydroxyl groups is 1. The van der Waals surface area contributed by atoms with Crippen LogP contribution in [0.4, 0.5) is 0 Å². The van der Waals surface area contributed by atoms with Gasteiger partial charge in [-0.25, -0.2) is 4.98 Å². The maximum Gasteiger partial charge on any atom is 0.255 e. The number of piperidine rings is 1. The Bertz CT molecular complexity index is 511. The third kappa shape index (κ3) is 3.77. The Kier molecular flexibility index (Phi) is 4.62. The molecule has 5 heteroatoms. The largest absolute Gasteiger partial charge is 0.477 e. The summed E-state index contributed by atoms with van der Waals surface area (Å²) in [5.74, 6) is 1.44. The molecule has 0 spiro atoms. The van der Waals surface area contributed by atoms with E-state index in [0.29, 0.717) is 23.9 Å². The van der Waals surface area contributed by atoms with Gasteiger partial charge in [-0.15, -0.1) is 0 Å². The van der Waals surface area contributed by atoms with Gasteiger partial charge in [-0.05, 0) is 44.6 Å². The van der Waals surface area contributed by atoms with Crippen LogP contribution in [-0.4, -0.2) is 46.7 Å². The third-order valence-corrected chi connectivity index (χ3v) is 4.57. The summed E-state index contributed by atoms with van der Waals surface area (Å²) in [6.45, 7) is 3.90. The number of amides is 1. The number of carbonyl (C=O) groups is 1. The van der Waals surface area contributed by atoms with Crippen LogP contribution in [0.3, 0.4) is 0 Å². The van der Waals surface area contributed by atoms with Crippen molar-refractivity contribution < 1.29 is 14.6 Å². The van der Waals surface area contributed by atoms with Crippen molar-refractivity contribution in [3.05, 3.63) is 23.9 Å². The minimum atomic E-state index is -0.369. The van der Waals surface area contributed by atoms with Crippen molar-refractivity contribution in [3.8, 4) is 5.88 Å². The predicted molar refractivity (Wildman–Crippen MR) is 82.8 cm³/mol. The van der Waals surface area contributed by atoms with Crippen LogP contribution >= 0.6 is 0 Å². The second-order valence-electron chi connectivity index (χ2n) is 6.53. The lowest BCUT2D eigenvalue weighted by Crippen LogP contribution is -2.42. The average molecular weight is 304 g/mol. The number of carbonyl (C=O) groups excluding carboxylic acids is 1. The van der Waals surface area contributed by atoms with Gasteiger partial charge >= 0.3 is 0 Å². The van der Waals surface area contributed by atoms with Gasteiger partial charge in [0.25, 0.3) is 5.91 Å². The molecular formula is C17H24N2O3. The van der Waals surface area contributed by atoms with Crippen LogP contribution in [0.15, 0.2) is 18.3 Å². The number of aliphatic hydroxyl groups excluding tert-OH is 1. The first-order valence-corrected chi connectivity index (χ1v) is 8.19. The zero-order valence-corrected chi connectivity index (χ0v) is 13.1. The number of aromatic nitrogens is 1. The topological polar surface area (TPSA) is 62.7 Å². The number of nitrogens with zero attached hydrogens (tertiary/aromatic N) is 2. The second kappa shape index (κ2) is 6.65. The van der Waals surface area contributed by atoms with E-state index in [0.717, 1.165) is 26.0 Å². The van der Waals surface area contributed by atoms with Gasteiger partial charge in [0, 0.05) is 31.3 Å². The summed E-state index contributed by atoms with van der Waals surface area (Å²) in [6, 6.07) is 3.55. The number of hydrogen-bond acceptors (Lipinski definition) is 4. The highest BCUT2D eigenvalue weighted by Gasteiger charge is 2.27. The lowest BCUT2D eigenvalue weighted by atomic mass is 9.93. The number of hydrogen-bond donors (Lipinski definition) is 1. The van der Waals surface area contributed by atoms with Crippen molar-refractivity contribution in [1.29, 1.82) is 0 Å². The molecule has 5 nitrogen and oxygen atoms in total. The second-order valence-corrected chi connectivity index (χ2v) is 6.53. The monoisotopic (exact) mass is 304 g/mol. The molecule has 0 aromatic carbocycles. The van der Waals surface area contributed by atoms with Gasteiger partial charge in [0.05, 0.1) is 18.3 Å². The summed E-state index contributed by atoms with van der Waals surface area (Å²) in [7, 11) is 0. The van der Waals surface area contributed by atoms with E-state index in [-0.39, 0.29) is 17.9 Å². The van der Waals surface area contributed by atoms with Gasteiger partial charge in [0.15, 0.2) is 0 Å². The Balaban J connectivity index is 1.58. The standard InChI is InChI=1S/C17H24N2O3/c1-12(20)15-3-2-8-19(10-15)17(21)14-6-7-16(18-9-14)22-11-13-4-5-13/h6-7,9,12-13,15,20H,2-5,8,10-11H2,1H3. The maximum absolute atomic E-state index is 12.5. The molecule has 2 aliphatic rings. The number of likely N-dealkylation sites (tertiary alicyclic amines) is 1. The van der Waals surface area contributed by atoms with E-state index in [2.05, 4.69) is 4.98 Å². The van der Waals surface area contributed by atoms with Crippen LogP contribution < -0.4 is 4.74 Å². The van der Waals surface area contributed by atoms with E-state index in [1.165, 1.54) is 12.8 Å². The van der Waals surface area contributed by atoms with Gasteiger partial charge < -0.3 is 14.7 Å². The normalized spacial score (nSPS) is 23.2. The summed E-state index contributed by atoms with van der Waals surface area (Å²) in [6.07, 6.45) is 5.64. The highest BCUT2D eigenvalue weighted by Crippen LogP contribution is 2.29. The Hall–Kier alpha value is -1.62. The average Bonchev–Trinajstić information content (AvgIpc) is 3.37. The summed E-state index contributed by atoms with van der Waals surface area (Å²) < 4.78 is 5.59. The van der Waals surface area contributed by atoms with E-state index in [4.69, 9.17) is 4.74 Å². The fourth-order valence-electron chi connectivity index (χ4n) is 2.85. The van der Waals surface area contributed by atoms with Crippen LogP contribution in [0.1, 0.15) is 43.0 Å².